The molecule has 3 aromatic rings. The van der Waals surface area contributed by atoms with Gasteiger partial charge >= 0.3 is 0 Å². The van der Waals surface area contributed by atoms with Gasteiger partial charge in [0, 0.05) is 11.3 Å². The lowest BCUT2D eigenvalue weighted by Crippen LogP contribution is -2.02. The summed E-state index contributed by atoms with van der Waals surface area (Å²) in [5.41, 5.74) is 2.19. The summed E-state index contributed by atoms with van der Waals surface area (Å²) in [6, 6.07) is 23.5. The molecule has 3 nitrogen and oxygen atoms in total. The van der Waals surface area contributed by atoms with Crippen LogP contribution in [0.5, 0.6) is 5.75 Å². The summed E-state index contributed by atoms with van der Waals surface area (Å²) in [5, 5.41) is 13.5. The molecule has 0 saturated heterocycles. The van der Waals surface area contributed by atoms with Crippen LogP contribution in [0, 0.1) is 0 Å². The number of phenolic OH excluding ortho intramolecular Hbond substituents is 1. The third-order valence-corrected chi connectivity index (χ3v) is 3.37. The molecule has 0 aliphatic rings. The quantitative estimate of drug-likeness (QED) is 0.554. The summed E-state index contributed by atoms with van der Waals surface area (Å²) in [6.45, 7) is 0. The van der Waals surface area contributed by atoms with Gasteiger partial charge in [-0.15, -0.1) is 0 Å². The number of hydrogen-bond acceptors (Lipinski definition) is 3. The van der Waals surface area contributed by atoms with E-state index in [9.17, 15) is 9.90 Å². The Morgan fingerprint density at radius 2 is 1.41 bits per heavy atom. The maximum atomic E-state index is 12.5. The number of phenols is 1. The lowest BCUT2D eigenvalue weighted by Gasteiger charge is -2.11. The monoisotopic (exact) mass is 289 g/mol. The molecule has 0 radical (unpaired) electrons. The Hall–Kier alpha value is -3.07. The second-order valence-corrected chi connectivity index (χ2v) is 4.89. The van der Waals surface area contributed by atoms with Crippen molar-refractivity contribution in [1.29, 1.82) is 0 Å². The third-order valence-electron chi connectivity index (χ3n) is 3.37. The van der Waals surface area contributed by atoms with Gasteiger partial charge in [-0.1, -0.05) is 54.6 Å². The Balaban J connectivity index is 1.94. The number of carbonyl (C=O) groups is 1. The van der Waals surface area contributed by atoms with Gasteiger partial charge in [0.1, 0.15) is 5.75 Å². The van der Waals surface area contributed by atoms with Gasteiger partial charge in [0.15, 0.2) is 5.78 Å². The van der Waals surface area contributed by atoms with Crippen molar-refractivity contribution in [2.45, 2.75) is 0 Å². The van der Waals surface area contributed by atoms with Gasteiger partial charge in [-0.3, -0.25) is 4.79 Å². The molecule has 0 heterocycles. The van der Waals surface area contributed by atoms with Crippen molar-refractivity contribution in [3.05, 3.63) is 90.0 Å². The van der Waals surface area contributed by atoms with Gasteiger partial charge in [-0.05, 0) is 24.3 Å². The molecule has 3 rings (SSSR count). The van der Waals surface area contributed by atoms with E-state index in [1.165, 1.54) is 0 Å². The average molecular weight is 289 g/mol. The van der Waals surface area contributed by atoms with Crippen molar-refractivity contribution in [2.75, 3.05) is 5.32 Å². The molecule has 0 aliphatic heterocycles. The first-order valence-electron chi connectivity index (χ1n) is 6.99. The van der Waals surface area contributed by atoms with E-state index in [1.807, 2.05) is 36.4 Å². The lowest BCUT2D eigenvalue weighted by atomic mass is 10.0. The fraction of sp³-hybridized carbons (Fsp3) is 0. The highest BCUT2D eigenvalue weighted by molar-refractivity contribution is 6.11. The molecule has 0 aliphatic carbocycles. The average Bonchev–Trinajstić information content (AvgIpc) is 2.58. The molecule has 22 heavy (non-hydrogen) atoms. The van der Waals surface area contributed by atoms with Crippen LogP contribution in [0.25, 0.3) is 0 Å². The van der Waals surface area contributed by atoms with Crippen molar-refractivity contribution >= 4 is 17.2 Å². The molecule has 3 heteroatoms. The maximum Gasteiger partial charge on any atom is 0.196 e. The van der Waals surface area contributed by atoms with Gasteiger partial charge in [-0.25, -0.2) is 0 Å². The number of anilines is 2. The van der Waals surface area contributed by atoms with E-state index in [0.29, 0.717) is 11.3 Å². The zero-order valence-electron chi connectivity index (χ0n) is 11.9. The minimum Gasteiger partial charge on any atom is -0.505 e. The summed E-state index contributed by atoms with van der Waals surface area (Å²) >= 11 is 0. The van der Waals surface area contributed by atoms with E-state index in [2.05, 4.69) is 5.32 Å². The number of benzene rings is 3. The molecule has 0 atom stereocenters. The standard InChI is InChI=1S/C19H15NO2/c21-18(14-8-3-1-4-9-14)16-12-7-13-17(19(16)22)20-15-10-5-2-6-11-15/h1-13,20,22H. The maximum absolute atomic E-state index is 12.5. The molecule has 3 aromatic carbocycles. The Morgan fingerprint density at radius 3 is 2.09 bits per heavy atom. The van der Waals surface area contributed by atoms with Crippen LogP contribution >= 0.6 is 0 Å². The first-order valence-corrected chi connectivity index (χ1v) is 6.99. The summed E-state index contributed by atoms with van der Waals surface area (Å²) in [6.07, 6.45) is 0. The highest BCUT2D eigenvalue weighted by Gasteiger charge is 2.15. The predicted molar refractivity (Wildman–Crippen MR) is 87.7 cm³/mol. The number of aromatic hydroxyl groups is 1. The van der Waals surface area contributed by atoms with E-state index in [-0.39, 0.29) is 17.1 Å². The first kappa shape index (κ1) is 13.9. The topological polar surface area (TPSA) is 49.3 Å². The van der Waals surface area contributed by atoms with Crippen molar-refractivity contribution in [3.63, 3.8) is 0 Å². The first-order chi connectivity index (χ1) is 10.8. The summed E-state index contributed by atoms with van der Waals surface area (Å²) < 4.78 is 0. The van der Waals surface area contributed by atoms with Crippen molar-refractivity contribution in [3.8, 4) is 5.75 Å². The lowest BCUT2D eigenvalue weighted by molar-refractivity contribution is 0.103. The van der Waals surface area contributed by atoms with Gasteiger partial charge < -0.3 is 10.4 Å². The van der Waals surface area contributed by atoms with Crippen LogP contribution < -0.4 is 5.32 Å². The number of hydrogen-bond donors (Lipinski definition) is 2. The van der Waals surface area contributed by atoms with Crippen LogP contribution in [-0.2, 0) is 0 Å². The Morgan fingerprint density at radius 1 is 0.773 bits per heavy atom. The molecular formula is C19H15NO2. The highest BCUT2D eigenvalue weighted by Crippen LogP contribution is 2.31. The summed E-state index contributed by atoms with van der Waals surface area (Å²) in [7, 11) is 0. The fourth-order valence-corrected chi connectivity index (χ4v) is 2.25. The molecule has 0 spiro atoms. The van der Waals surface area contributed by atoms with Crippen molar-refractivity contribution < 1.29 is 9.90 Å². The SMILES string of the molecule is O=C(c1ccccc1)c1cccc(Nc2ccccc2)c1O. The second-order valence-electron chi connectivity index (χ2n) is 4.89. The summed E-state index contributed by atoms with van der Waals surface area (Å²) in [4.78, 5) is 12.5. The molecule has 0 unspecified atom stereocenters. The molecule has 0 fully saturated rings. The third kappa shape index (κ3) is 2.83. The van der Waals surface area contributed by atoms with E-state index in [1.54, 1.807) is 42.5 Å². The molecule has 0 saturated carbocycles. The van der Waals surface area contributed by atoms with Gasteiger partial charge in [0.25, 0.3) is 0 Å². The molecule has 0 aromatic heterocycles. The van der Waals surface area contributed by atoms with Gasteiger partial charge in [0.05, 0.1) is 11.3 Å². The van der Waals surface area contributed by atoms with Crippen LogP contribution in [0.15, 0.2) is 78.9 Å². The minimum atomic E-state index is -0.199. The smallest absolute Gasteiger partial charge is 0.196 e. The van der Waals surface area contributed by atoms with Crippen molar-refractivity contribution in [1.82, 2.24) is 0 Å². The number of ketones is 1. The fourth-order valence-electron chi connectivity index (χ4n) is 2.25. The van der Waals surface area contributed by atoms with Crippen LogP contribution in [-0.4, -0.2) is 10.9 Å². The zero-order chi connectivity index (χ0) is 15.4. The summed E-state index contributed by atoms with van der Waals surface area (Å²) in [5.74, 6) is -0.241. The van der Waals surface area contributed by atoms with E-state index >= 15 is 0 Å². The number of nitrogens with one attached hydrogen (secondary N) is 1. The number of para-hydroxylation sites is 2. The zero-order valence-corrected chi connectivity index (χ0v) is 11.9. The molecule has 2 N–H and O–H groups in total. The Labute approximate surface area is 128 Å². The van der Waals surface area contributed by atoms with Gasteiger partial charge in [-0.2, -0.15) is 0 Å². The minimum absolute atomic E-state index is 0.0415. The Bertz CT molecular complexity index is 783. The number of carbonyl (C=O) groups excluding carboxylic acids is 1. The Kier molecular flexibility index (Phi) is 3.88. The van der Waals surface area contributed by atoms with E-state index < -0.39 is 0 Å². The van der Waals surface area contributed by atoms with Crippen molar-refractivity contribution in [2.24, 2.45) is 0 Å². The van der Waals surface area contributed by atoms with Crippen LogP contribution in [0.3, 0.4) is 0 Å². The molecule has 0 bridgehead atoms. The molecule has 108 valence electrons. The van der Waals surface area contributed by atoms with E-state index in [4.69, 9.17) is 0 Å². The second kappa shape index (κ2) is 6.14. The predicted octanol–water partition coefficient (Wildman–Crippen LogP) is 4.37. The normalized spacial score (nSPS) is 10.2. The van der Waals surface area contributed by atoms with Crippen LogP contribution in [0.1, 0.15) is 15.9 Å². The number of rotatable bonds is 4. The van der Waals surface area contributed by atoms with Gasteiger partial charge in [0.2, 0.25) is 0 Å². The largest absolute Gasteiger partial charge is 0.505 e. The van der Waals surface area contributed by atoms with Crippen LogP contribution in [0.4, 0.5) is 11.4 Å². The molecule has 0 amide bonds. The van der Waals surface area contributed by atoms with Crippen LogP contribution in [0.2, 0.25) is 0 Å². The molecular weight excluding hydrogens is 274 g/mol. The highest BCUT2D eigenvalue weighted by atomic mass is 16.3. The van der Waals surface area contributed by atoms with E-state index in [0.717, 1.165) is 5.69 Å².